The molecule has 2 aromatic carbocycles. The maximum atomic E-state index is 13.5. The van der Waals surface area contributed by atoms with Crippen molar-refractivity contribution in [3.05, 3.63) is 100.0 Å². The Morgan fingerprint density at radius 1 is 0.972 bits per heavy atom. The summed E-state index contributed by atoms with van der Waals surface area (Å²) in [5.74, 6) is -2.40. The van der Waals surface area contributed by atoms with Gasteiger partial charge >= 0.3 is 5.97 Å². The number of nitrogens with one attached hydrogen (secondary N) is 1. The lowest BCUT2D eigenvalue weighted by Crippen LogP contribution is -2.54. The van der Waals surface area contributed by atoms with Crippen LogP contribution in [0, 0.1) is 0 Å². The minimum Gasteiger partial charge on any atom is -0.481 e. The van der Waals surface area contributed by atoms with Crippen LogP contribution in [0.25, 0.3) is 0 Å². The quantitative estimate of drug-likeness (QED) is 0.399. The van der Waals surface area contributed by atoms with Gasteiger partial charge in [0.25, 0.3) is 5.56 Å². The fourth-order valence-electron chi connectivity index (χ4n) is 3.85. The van der Waals surface area contributed by atoms with E-state index in [1.807, 2.05) is 60.7 Å². The number of rotatable bonds is 11. The van der Waals surface area contributed by atoms with Gasteiger partial charge < -0.3 is 15.2 Å². The summed E-state index contributed by atoms with van der Waals surface area (Å²) >= 11 is 0. The monoisotopic (exact) mass is 489 g/mol. The van der Waals surface area contributed by atoms with E-state index in [4.69, 9.17) is 0 Å². The van der Waals surface area contributed by atoms with Crippen LogP contribution in [0.4, 0.5) is 5.69 Å². The molecule has 0 fully saturated rings. The highest BCUT2D eigenvalue weighted by atomic mass is 16.4. The van der Waals surface area contributed by atoms with E-state index < -0.39 is 35.8 Å². The average Bonchev–Trinajstić information content (AvgIpc) is 2.86. The van der Waals surface area contributed by atoms with Crippen LogP contribution in [0.15, 0.2) is 77.6 Å². The molecule has 1 unspecified atom stereocenters. The Kier molecular flexibility index (Phi) is 8.88. The first-order valence-corrected chi connectivity index (χ1v) is 11.4. The third-order valence-electron chi connectivity index (χ3n) is 5.52. The Bertz CT molecular complexity index is 1290. The van der Waals surface area contributed by atoms with E-state index in [9.17, 15) is 29.1 Å². The van der Waals surface area contributed by atoms with Crippen LogP contribution in [0.5, 0.6) is 0 Å². The standard InChI is InChI=1S/C27H27N3O6/c1-19(32)29(23(18-31)17-26(34)35)30-22(16-21-10-6-3-7-11-21)13-14-24(27(30)36)28-25(33)15-12-20-8-4-2-5-9-20/h2-11,13-14,18,23H,12,15-17H2,1H3,(H,28,33)(H,34,35). The molecule has 3 aromatic rings. The number of amides is 2. The maximum Gasteiger partial charge on any atom is 0.305 e. The number of carbonyl (C=O) groups is 4. The SMILES string of the molecule is CC(=O)N(C(C=O)CC(=O)O)n1c(Cc2ccccc2)ccc(NC(=O)CCc2ccccc2)c1=O. The fourth-order valence-corrected chi connectivity index (χ4v) is 3.85. The number of aldehydes is 1. The van der Waals surface area contributed by atoms with Gasteiger partial charge in [-0.3, -0.25) is 19.2 Å². The van der Waals surface area contributed by atoms with Crippen molar-refractivity contribution in [3.8, 4) is 0 Å². The van der Waals surface area contributed by atoms with Crippen LogP contribution < -0.4 is 15.9 Å². The van der Waals surface area contributed by atoms with Gasteiger partial charge in [-0.15, -0.1) is 0 Å². The van der Waals surface area contributed by atoms with Crippen molar-refractivity contribution in [2.24, 2.45) is 0 Å². The predicted molar refractivity (Wildman–Crippen MR) is 134 cm³/mol. The molecule has 0 aliphatic rings. The number of anilines is 1. The fraction of sp³-hybridized carbons (Fsp3) is 0.222. The van der Waals surface area contributed by atoms with Gasteiger partial charge in [0.05, 0.1) is 6.42 Å². The number of aliphatic carboxylic acids is 1. The molecule has 0 aliphatic heterocycles. The van der Waals surface area contributed by atoms with E-state index in [2.05, 4.69) is 5.32 Å². The minimum absolute atomic E-state index is 0.0869. The van der Waals surface area contributed by atoms with Gasteiger partial charge in [-0.05, 0) is 29.7 Å². The Morgan fingerprint density at radius 3 is 2.14 bits per heavy atom. The molecule has 9 heteroatoms. The number of hydrogen-bond acceptors (Lipinski definition) is 5. The summed E-state index contributed by atoms with van der Waals surface area (Å²) in [6.45, 7) is 1.14. The number of carboxylic acid groups (broad SMARTS) is 1. The lowest BCUT2D eigenvalue weighted by Gasteiger charge is -2.30. The largest absolute Gasteiger partial charge is 0.481 e. The van der Waals surface area contributed by atoms with E-state index in [-0.39, 0.29) is 18.5 Å². The zero-order valence-corrected chi connectivity index (χ0v) is 19.8. The van der Waals surface area contributed by atoms with Crippen molar-refractivity contribution in [1.29, 1.82) is 0 Å². The Balaban J connectivity index is 1.99. The first kappa shape index (κ1) is 26.1. The second-order valence-electron chi connectivity index (χ2n) is 8.22. The van der Waals surface area contributed by atoms with Crippen LogP contribution in [0.2, 0.25) is 0 Å². The van der Waals surface area contributed by atoms with E-state index in [1.165, 1.54) is 6.07 Å². The first-order valence-electron chi connectivity index (χ1n) is 11.4. The van der Waals surface area contributed by atoms with Gasteiger partial charge in [-0.2, -0.15) is 0 Å². The molecule has 9 nitrogen and oxygen atoms in total. The second kappa shape index (κ2) is 12.3. The summed E-state index contributed by atoms with van der Waals surface area (Å²) in [6, 6.07) is 20.1. The number of aryl methyl sites for hydroxylation is 1. The van der Waals surface area contributed by atoms with Crippen molar-refractivity contribution in [2.75, 3.05) is 10.3 Å². The van der Waals surface area contributed by atoms with Crippen LogP contribution in [-0.2, 0) is 32.0 Å². The number of carbonyl (C=O) groups excluding carboxylic acids is 3. The molecule has 0 aliphatic carbocycles. The molecule has 1 heterocycles. The average molecular weight is 490 g/mol. The molecule has 0 saturated carbocycles. The summed E-state index contributed by atoms with van der Waals surface area (Å²) in [5, 5.41) is 12.7. The van der Waals surface area contributed by atoms with Crippen LogP contribution in [0.1, 0.15) is 36.6 Å². The minimum atomic E-state index is -1.42. The molecular weight excluding hydrogens is 462 g/mol. The third-order valence-corrected chi connectivity index (χ3v) is 5.52. The summed E-state index contributed by atoms with van der Waals surface area (Å²) in [7, 11) is 0. The highest BCUT2D eigenvalue weighted by Crippen LogP contribution is 2.14. The van der Waals surface area contributed by atoms with E-state index in [0.29, 0.717) is 18.4 Å². The third kappa shape index (κ3) is 6.75. The molecule has 1 aromatic heterocycles. The van der Waals surface area contributed by atoms with Crippen molar-refractivity contribution in [1.82, 2.24) is 4.68 Å². The molecule has 3 rings (SSSR count). The second-order valence-corrected chi connectivity index (χ2v) is 8.22. The molecule has 1 atom stereocenters. The first-order chi connectivity index (χ1) is 17.3. The molecule has 36 heavy (non-hydrogen) atoms. The van der Waals surface area contributed by atoms with Gasteiger partial charge in [0.15, 0.2) is 0 Å². The number of pyridine rings is 1. The predicted octanol–water partition coefficient (Wildman–Crippen LogP) is 2.54. The lowest BCUT2D eigenvalue weighted by atomic mass is 10.1. The van der Waals surface area contributed by atoms with Crippen LogP contribution in [0.3, 0.4) is 0 Å². The van der Waals surface area contributed by atoms with E-state index >= 15 is 0 Å². The number of hydrogen-bond donors (Lipinski definition) is 2. The Morgan fingerprint density at radius 2 is 1.58 bits per heavy atom. The summed E-state index contributed by atoms with van der Waals surface area (Å²) in [6.07, 6.45) is 0.452. The Hall–Kier alpha value is -4.53. The van der Waals surface area contributed by atoms with Gasteiger partial charge in [-0.1, -0.05) is 60.7 Å². The maximum absolute atomic E-state index is 13.5. The van der Waals surface area contributed by atoms with Crippen LogP contribution in [-0.4, -0.2) is 39.9 Å². The highest BCUT2D eigenvalue weighted by Gasteiger charge is 2.28. The highest BCUT2D eigenvalue weighted by molar-refractivity contribution is 5.92. The molecule has 0 radical (unpaired) electrons. The molecular formula is C27H27N3O6. The van der Waals surface area contributed by atoms with Crippen molar-refractivity contribution in [2.45, 2.75) is 38.6 Å². The molecule has 0 saturated heterocycles. The van der Waals surface area contributed by atoms with Crippen molar-refractivity contribution < 1.29 is 24.3 Å². The number of carboxylic acids is 1. The number of benzene rings is 2. The van der Waals surface area contributed by atoms with Gasteiger partial charge in [-0.25, -0.2) is 9.69 Å². The molecule has 2 amide bonds. The van der Waals surface area contributed by atoms with Crippen LogP contribution >= 0.6 is 0 Å². The number of aromatic nitrogens is 1. The summed E-state index contributed by atoms with van der Waals surface area (Å²) in [4.78, 5) is 61.9. The van der Waals surface area contributed by atoms with E-state index in [0.717, 1.165) is 27.7 Å². The summed E-state index contributed by atoms with van der Waals surface area (Å²) < 4.78 is 0.990. The molecule has 0 bridgehead atoms. The summed E-state index contributed by atoms with van der Waals surface area (Å²) in [5.41, 5.74) is 1.31. The van der Waals surface area contributed by atoms with Gasteiger partial charge in [0.1, 0.15) is 18.0 Å². The molecule has 186 valence electrons. The van der Waals surface area contributed by atoms with Gasteiger partial charge in [0.2, 0.25) is 11.8 Å². The molecule has 2 N–H and O–H groups in total. The smallest absolute Gasteiger partial charge is 0.305 e. The van der Waals surface area contributed by atoms with E-state index in [1.54, 1.807) is 6.07 Å². The zero-order chi connectivity index (χ0) is 26.1. The zero-order valence-electron chi connectivity index (χ0n) is 19.8. The normalized spacial score (nSPS) is 11.4. The van der Waals surface area contributed by atoms with Gasteiger partial charge in [0, 0.05) is 25.5 Å². The van der Waals surface area contributed by atoms with Crippen molar-refractivity contribution in [3.63, 3.8) is 0 Å². The Labute approximate surface area is 208 Å². The number of nitrogens with zero attached hydrogens (tertiary/aromatic N) is 2. The lowest BCUT2D eigenvalue weighted by molar-refractivity contribution is -0.138. The molecule has 0 spiro atoms. The van der Waals surface area contributed by atoms with Crippen molar-refractivity contribution >= 4 is 29.8 Å². The topological polar surface area (TPSA) is 126 Å².